The van der Waals surface area contributed by atoms with E-state index in [1.165, 1.54) is 12.8 Å². The lowest BCUT2D eigenvalue weighted by Crippen LogP contribution is -2.56. The summed E-state index contributed by atoms with van der Waals surface area (Å²) in [4.78, 5) is 2.21. The van der Waals surface area contributed by atoms with Gasteiger partial charge in [-0.05, 0) is 50.6 Å². The first kappa shape index (κ1) is 17.1. The molecule has 21 heavy (non-hydrogen) atoms. The van der Waals surface area contributed by atoms with E-state index in [0.29, 0.717) is 22.4 Å². The summed E-state index contributed by atoms with van der Waals surface area (Å²) in [5.41, 5.74) is 0.903. The second-order valence-corrected chi connectivity index (χ2v) is 7.48. The molecule has 0 aromatic heterocycles. The van der Waals surface area contributed by atoms with Crippen LogP contribution in [0.2, 0.25) is 10.0 Å². The lowest BCUT2D eigenvalue weighted by Gasteiger charge is -2.48. The molecule has 0 heterocycles. The summed E-state index contributed by atoms with van der Waals surface area (Å²) in [5, 5.41) is 12.0. The molecule has 3 atom stereocenters. The molecule has 1 aromatic rings. The van der Waals surface area contributed by atoms with Gasteiger partial charge >= 0.3 is 0 Å². The van der Waals surface area contributed by atoms with Crippen LogP contribution in [-0.4, -0.2) is 35.7 Å². The van der Waals surface area contributed by atoms with Crippen LogP contribution in [0.15, 0.2) is 18.2 Å². The third-order valence-corrected chi connectivity index (χ3v) is 5.67. The van der Waals surface area contributed by atoms with Crippen molar-refractivity contribution < 1.29 is 5.11 Å². The van der Waals surface area contributed by atoms with Gasteiger partial charge in [-0.2, -0.15) is 0 Å². The molecule has 0 saturated heterocycles. The standard InChI is InChI=1S/C17H25Cl2NO/c1-12-5-4-8-17(11-12,20(2)3)16(21)10-13-6-7-14(18)15(19)9-13/h6-7,9,12,16,21H,4-5,8,10-11H2,1-3H3. The Labute approximate surface area is 138 Å². The normalized spacial score (nSPS) is 27.9. The van der Waals surface area contributed by atoms with Crippen molar-refractivity contribution in [3.8, 4) is 0 Å². The predicted octanol–water partition coefficient (Wildman–Crippen LogP) is 4.41. The molecule has 0 spiro atoms. The van der Waals surface area contributed by atoms with Gasteiger partial charge in [0.2, 0.25) is 0 Å². The predicted molar refractivity (Wildman–Crippen MR) is 90.2 cm³/mol. The third kappa shape index (κ3) is 3.73. The number of halogens is 2. The number of likely N-dealkylation sites (N-methyl/N-ethyl adjacent to an activating group) is 1. The molecule has 0 bridgehead atoms. The molecule has 3 unspecified atom stereocenters. The van der Waals surface area contributed by atoms with Crippen LogP contribution in [0.1, 0.15) is 38.2 Å². The smallest absolute Gasteiger partial charge is 0.0763 e. The van der Waals surface area contributed by atoms with Crippen LogP contribution in [0.3, 0.4) is 0 Å². The summed E-state index contributed by atoms with van der Waals surface area (Å²) < 4.78 is 0. The van der Waals surface area contributed by atoms with Gasteiger partial charge in [-0.3, -0.25) is 0 Å². The fourth-order valence-corrected chi connectivity index (χ4v) is 3.97. The molecule has 4 heteroatoms. The monoisotopic (exact) mass is 329 g/mol. The van der Waals surface area contributed by atoms with E-state index in [1.54, 1.807) is 6.07 Å². The summed E-state index contributed by atoms with van der Waals surface area (Å²) in [6.45, 7) is 2.28. The SMILES string of the molecule is CC1CCCC(C(O)Cc2ccc(Cl)c(Cl)c2)(N(C)C)C1. The lowest BCUT2D eigenvalue weighted by molar-refractivity contribution is -0.0424. The van der Waals surface area contributed by atoms with Crippen LogP contribution in [0.4, 0.5) is 0 Å². The highest BCUT2D eigenvalue weighted by atomic mass is 35.5. The Hall–Kier alpha value is -0.280. The van der Waals surface area contributed by atoms with Crippen LogP contribution in [0.25, 0.3) is 0 Å². The largest absolute Gasteiger partial charge is 0.391 e. The summed E-state index contributed by atoms with van der Waals surface area (Å²) in [5.74, 6) is 0.657. The van der Waals surface area contributed by atoms with E-state index in [-0.39, 0.29) is 5.54 Å². The van der Waals surface area contributed by atoms with Gasteiger partial charge < -0.3 is 10.0 Å². The number of aliphatic hydroxyl groups excluding tert-OH is 1. The van der Waals surface area contributed by atoms with Crippen LogP contribution < -0.4 is 0 Å². The van der Waals surface area contributed by atoms with Gasteiger partial charge in [0.25, 0.3) is 0 Å². The van der Waals surface area contributed by atoms with Crippen LogP contribution >= 0.6 is 23.2 Å². The average Bonchev–Trinajstić information content (AvgIpc) is 2.42. The average molecular weight is 330 g/mol. The molecule has 1 fully saturated rings. The molecular formula is C17H25Cl2NO. The fraction of sp³-hybridized carbons (Fsp3) is 0.647. The minimum absolute atomic E-state index is 0.135. The van der Waals surface area contributed by atoms with Crippen molar-refractivity contribution in [2.75, 3.05) is 14.1 Å². The first-order valence-corrected chi connectivity index (χ1v) is 8.40. The Morgan fingerprint density at radius 1 is 1.33 bits per heavy atom. The molecule has 1 aromatic carbocycles. The van der Waals surface area contributed by atoms with Crippen molar-refractivity contribution in [2.45, 2.75) is 50.7 Å². The Kier molecular flexibility index (Phi) is 5.59. The lowest BCUT2D eigenvalue weighted by atomic mass is 9.71. The topological polar surface area (TPSA) is 23.5 Å². The van der Waals surface area contributed by atoms with Crippen LogP contribution in [0, 0.1) is 5.92 Å². The minimum atomic E-state index is -0.396. The maximum Gasteiger partial charge on any atom is 0.0763 e. The molecule has 118 valence electrons. The fourth-order valence-electron chi connectivity index (χ4n) is 3.65. The van der Waals surface area contributed by atoms with E-state index >= 15 is 0 Å². The quantitative estimate of drug-likeness (QED) is 0.884. The molecule has 2 nitrogen and oxygen atoms in total. The van der Waals surface area contributed by atoms with Crippen LogP contribution in [-0.2, 0) is 6.42 Å². The van der Waals surface area contributed by atoms with Crippen LogP contribution in [0.5, 0.6) is 0 Å². The minimum Gasteiger partial charge on any atom is -0.391 e. The maximum atomic E-state index is 10.9. The molecule has 0 radical (unpaired) electrons. The first-order chi connectivity index (χ1) is 9.85. The summed E-state index contributed by atoms with van der Waals surface area (Å²) in [7, 11) is 4.16. The number of aliphatic hydroxyl groups is 1. The number of hydrogen-bond acceptors (Lipinski definition) is 2. The third-order valence-electron chi connectivity index (χ3n) is 4.93. The Morgan fingerprint density at radius 3 is 2.62 bits per heavy atom. The molecular weight excluding hydrogens is 305 g/mol. The second kappa shape index (κ2) is 6.87. The van der Waals surface area contributed by atoms with Crippen molar-refractivity contribution >= 4 is 23.2 Å². The van der Waals surface area contributed by atoms with E-state index < -0.39 is 6.10 Å². The molecule has 1 saturated carbocycles. The van der Waals surface area contributed by atoms with Gasteiger partial charge in [-0.15, -0.1) is 0 Å². The zero-order valence-electron chi connectivity index (χ0n) is 13.1. The van der Waals surface area contributed by atoms with Gasteiger partial charge in [0.1, 0.15) is 0 Å². The highest BCUT2D eigenvalue weighted by molar-refractivity contribution is 6.42. The van der Waals surface area contributed by atoms with Crippen molar-refractivity contribution in [1.82, 2.24) is 4.90 Å². The van der Waals surface area contributed by atoms with Crippen molar-refractivity contribution in [3.05, 3.63) is 33.8 Å². The van der Waals surface area contributed by atoms with E-state index in [0.717, 1.165) is 18.4 Å². The van der Waals surface area contributed by atoms with Gasteiger partial charge in [0, 0.05) is 12.0 Å². The molecule has 1 aliphatic rings. The Morgan fingerprint density at radius 2 is 2.05 bits per heavy atom. The van der Waals surface area contributed by atoms with Crippen molar-refractivity contribution in [3.63, 3.8) is 0 Å². The van der Waals surface area contributed by atoms with Gasteiger partial charge in [-0.25, -0.2) is 0 Å². The van der Waals surface area contributed by atoms with E-state index in [1.807, 2.05) is 12.1 Å². The highest BCUT2D eigenvalue weighted by Crippen LogP contribution is 2.39. The number of hydrogen-bond donors (Lipinski definition) is 1. The number of nitrogens with zero attached hydrogens (tertiary/aromatic N) is 1. The van der Waals surface area contributed by atoms with E-state index in [9.17, 15) is 5.11 Å². The Balaban J connectivity index is 2.18. The highest BCUT2D eigenvalue weighted by Gasteiger charge is 2.42. The van der Waals surface area contributed by atoms with Crippen molar-refractivity contribution in [1.29, 1.82) is 0 Å². The molecule has 0 amide bonds. The van der Waals surface area contributed by atoms with E-state index in [2.05, 4.69) is 25.9 Å². The van der Waals surface area contributed by atoms with Gasteiger partial charge in [0.15, 0.2) is 0 Å². The van der Waals surface area contributed by atoms with Crippen molar-refractivity contribution in [2.24, 2.45) is 5.92 Å². The maximum absolute atomic E-state index is 10.9. The number of benzene rings is 1. The molecule has 1 aliphatic carbocycles. The van der Waals surface area contributed by atoms with Gasteiger partial charge in [0.05, 0.1) is 16.1 Å². The van der Waals surface area contributed by atoms with Gasteiger partial charge in [-0.1, -0.05) is 49.0 Å². The zero-order chi connectivity index (χ0) is 15.6. The zero-order valence-corrected chi connectivity index (χ0v) is 14.6. The summed E-state index contributed by atoms with van der Waals surface area (Å²) in [6, 6.07) is 5.62. The summed E-state index contributed by atoms with van der Waals surface area (Å²) >= 11 is 12.0. The Bertz CT molecular complexity index is 492. The van der Waals surface area contributed by atoms with E-state index in [4.69, 9.17) is 23.2 Å². The molecule has 0 aliphatic heterocycles. The number of rotatable bonds is 4. The molecule has 2 rings (SSSR count). The first-order valence-electron chi connectivity index (χ1n) is 7.64. The summed E-state index contributed by atoms with van der Waals surface area (Å²) in [6.07, 6.45) is 4.75. The second-order valence-electron chi connectivity index (χ2n) is 6.67. The molecule has 1 N–H and O–H groups in total.